The van der Waals surface area contributed by atoms with Gasteiger partial charge in [-0.25, -0.2) is 0 Å². The summed E-state index contributed by atoms with van der Waals surface area (Å²) in [6.07, 6.45) is 3.63. The fourth-order valence-electron chi connectivity index (χ4n) is 4.54. The van der Waals surface area contributed by atoms with Gasteiger partial charge < -0.3 is 29.2 Å². The third-order valence-corrected chi connectivity index (χ3v) is 6.57. The van der Waals surface area contributed by atoms with E-state index < -0.39 is 4.92 Å². The highest BCUT2D eigenvalue weighted by Crippen LogP contribution is 2.32. The van der Waals surface area contributed by atoms with Crippen LogP contribution in [0.25, 0.3) is 0 Å². The van der Waals surface area contributed by atoms with Gasteiger partial charge in [-0.2, -0.15) is 0 Å². The summed E-state index contributed by atoms with van der Waals surface area (Å²) in [5.74, 6) is 1.52. The lowest BCUT2D eigenvalue weighted by Crippen LogP contribution is -2.40. The van der Waals surface area contributed by atoms with Gasteiger partial charge in [0.05, 0.1) is 12.0 Å². The van der Waals surface area contributed by atoms with Crippen LogP contribution in [0.5, 0.6) is 17.5 Å². The number of benzene rings is 2. The second kappa shape index (κ2) is 9.48. The van der Waals surface area contributed by atoms with Gasteiger partial charge in [-0.05, 0) is 48.2 Å². The van der Waals surface area contributed by atoms with Crippen molar-refractivity contribution in [3.8, 4) is 17.5 Å². The number of ether oxygens (including phenoxy) is 3. The molecule has 3 heterocycles. The molecule has 2 aliphatic rings. The predicted octanol–water partition coefficient (Wildman–Crippen LogP) is 4.63. The molecule has 35 heavy (non-hydrogen) atoms. The predicted molar refractivity (Wildman–Crippen MR) is 131 cm³/mol. The number of piperidine rings is 1. The SMILES string of the molecule is Cc1ccc(OC2CCN(c3ccc(OC[C@]4(C)COc5nc([N+](=O)[O-])cn5C4)cc3)CC2)cc1. The van der Waals surface area contributed by atoms with Crippen LogP contribution in [0.3, 0.4) is 0 Å². The second-order valence-corrected chi connectivity index (χ2v) is 9.77. The lowest BCUT2D eigenvalue weighted by Gasteiger charge is -2.34. The number of fused-ring (bicyclic) bond motifs is 1. The van der Waals surface area contributed by atoms with Gasteiger partial charge in [0, 0.05) is 43.1 Å². The van der Waals surface area contributed by atoms with E-state index in [0.717, 1.165) is 37.4 Å². The summed E-state index contributed by atoms with van der Waals surface area (Å²) in [7, 11) is 0. The van der Waals surface area contributed by atoms with E-state index in [-0.39, 0.29) is 23.3 Å². The quantitative estimate of drug-likeness (QED) is 0.361. The molecule has 1 aromatic heterocycles. The zero-order valence-electron chi connectivity index (χ0n) is 20.1. The van der Waals surface area contributed by atoms with Crippen molar-refractivity contribution in [3.63, 3.8) is 0 Å². The summed E-state index contributed by atoms with van der Waals surface area (Å²) in [6.45, 7) is 7.38. The molecule has 0 radical (unpaired) electrons. The molecule has 9 nitrogen and oxygen atoms in total. The van der Waals surface area contributed by atoms with Crippen LogP contribution >= 0.6 is 0 Å². The molecule has 1 atom stereocenters. The maximum absolute atomic E-state index is 11.0. The molecular formula is C26H30N4O5. The topological polar surface area (TPSA) is 91.9 Å². The first-order valence-corrected chi connectivity index (χ1v) is 11.9. The maximum atomic E-state index is 11.0. The average molecular weight is 479 g/mol. The molecule has 2 aliphatic heterocycles. The Balaban J connectivity index is 1.11. The molecular weight excluding hydrogens is 448 g/mol. The van der Waals surface area contributed by atoms with Crippen LogP contribution < -0.4 is 19.1 Å². The first-order chi connectivity index (χ1) is 16.9. The Morgan fingerprint density at radius 1 is 1.11 bits per heavy atom. The minimum Gasteiger partial charge on any atom is -0.493 e. The number of hydrogen-bond donors (Lipinski definition) is 0. The molecule has 0 aliphatic carbocycles. The Morgan fingerprint density at radius 2 is 1.80 bits per heavy atom. The van der Waals surface area contributed by atoms with Crippen LogP contribution in [0.15, 0.2) is 54.7 Å². The van der Waals surface area contributed by atoms with Gasteiger partial charge in [0.15, 0.2) is 0 Å². The van der Waals surface area contributed by atoms with E-state index in [1.54, 1.807) is 4.57 Å². The van der Waals surface area contributed by atoms with E-state index in [4.69, 9.17) is 14.2 Å². The van der Waals surface area contributed by atoms with Crippen LogP contribution in [0.1, 0.15) is 25.3 Å². The van der Waals surface area contributed by atoms with E-state index >= 15 is 0 Å². The van der Waals surface area contributed by atoms with E-state index in [9.17, 15) is 10.1 Å². The Labute approximate surface area is 204 Å². The number of hydrogen-bond acceptors (Lipinski definition) is 7. The van der Waals surface area contributed by atoms with Crippen molar-refractivity contribution in [2.45, 2.75) is 39.3 Å². The van der Waals surface area contributed by atoms with Crippen molar-refractivity contribution >= 4 is 11.5 Å². The first kappa shape index (κ1) is 23.0. The van der Waals surface area contributed by atoms with E-state index in [0.29, 0.717) is 19.8 Å². The van der Waals surface area contributed by atoms with Crippen LogP contribution in [-0.2, 0) is 6.54 Å². The molecule has 0 saturated carbocycles. The molecule has 5 rings (SSSR count). The maximum Gasteiger partial charge on any atom is 0.414 e. The van der Waals surface area contributed by atoms with Crippen molar-refractivity contribution in [2.75, 3.05) is 31.2 Å². The smallest absolute Gasteiger partial charge is 0.414 e. The largest absolute Gasteiger partial charge is 0.493 e. The third kappa shape index (κ3) is 5.34. The number of imidazole rings is 1. The second-order valence-electron chi connectivity index (χ2n) is 9.77. The summed E-state index contributed by atoms with van der Waals surface area (Å²) in [4.78, 5) is 16.7. The summed E-state index contributed by atoms with van der Waals surface area (Å²) < 4.78 is 19.6. The zero-order chi connectivity index (χ0) is 24.4. The van der Waals surface area contributed by atoms with Crippen molar-refractivity contribution < 1.29 is 19.1 Å². The molecule has 0 amide bonds. The number of nitro groups is 1. The van der Waals surface area contributed by atoms with Gasteiger partial charge >= 0.3 is 11.8 Å². The number of anilines is 1. The average Bonchev–Trinajstić information content (AvgIpc) is 3.28. The van der Waals surface area contributed by atoms with Crippen molar-refractivity contribution in [2.24, 2.45) is 5.41 Å². The monoisotopic (exact) mass is 478 g/mol. The molecule has 0 N–H and O–H groups in total. The summed E-state index contributed by atoms with van der Waals surface area (Å²) >= 11 is 0. The lowest BCUT2D eigenvalue weighted by atomic mass is 9.92. The summed E-state index contributed by atoms with van der Waals surface area (Å²) in [6, 6.07) is 16.7. The fourth-order valence-corrected chi connectivity index (χ4v) is 4.54. The van der Waals surface area contributed by atoms with Gasteiger partial charge in [0.25, 0.3) is 0 Å². The standard InChI is InChI=1S/C26H30N4O5/c1-19-3-7-22(8-4-19)35-23-11-13-28(14-12-23)20-5-9-21(10-6-20)33-17-26(2)16-29-15-24(30(31)32)27-25(29)34-18-26/h3-10,15,23H,11-14,16-18H2,1-2H3/t26-/m1/s1. The van der Waals surface area contributed by atoms with Crippen LogP contribution in [0, 0.1) is 22.5 Å². The number of aromatic nitrogens is 2. The van der Waals surface area contributed by atoms with E-state index in [1.807, 2.05) is 31.2 Å². The van der Waals surface area contributed by atoms with Crippen LogP contribution in [0.4, 0.5) is 11.5 Å². The number of aryl methyl sites for hydroxylation is 1. The molecule has 1 saturated heterocycles. The molecule has 2 aromatic carbocycles. The van der Waals surface area contributed by atoms with E-state index in [2.05, 4.69) is 41.1 Å². The minimum absolute atomic E-state index is 0.202. The van der Waals surface area contributed by atoms with Crippen molar-refractivity contribution in [1.82, 2.24) is 9.55 Å². The van der Waals surface area contributed by atoms with Gasteiger partial charge in [0.2, 0.25) is 0 Å². The summed E-state index contributed by atoms with van der Waals surface area (Å²) in [5, 5.41) is 11.0. The number of rotatable bonds is 7. The zero-order valence-corrected chi connectivity index (χ0v) is 20.1. The van der Waals surface area contributed by atoms with Gasteiger partial charge in [-0.1, -0.05) is 24.6 Å². The molecule has 0 spiro atoms. The Morgan fingerprint density at radius 3 is 2.49 bits per heavy atom. The van der Waals surface area contributed by atoms with Crippen LogP contribution in [0.2, 0.25) is 0 Å². The highest BCUT2D eigenvalue weighted by molar-refractivity contribution is 5.49. The Bertz CT molecular complexity index is 1170. The normalized spacial score (nSPS) is 20.1. The Kier molecular flexibility index (Phi) is 6.23. The highest BCUT2D eigenvalue weighted by Gasteiger charge is 2.36. The van der Waals surface area contributed by atoms with Crippen molar-refractivity contribution in [3.05, 3.63) is 70.4 Å². The minimum atomic E-state index is -0.510. The number of nitrogens with zero attached hydrogens (tertiary/aromatic N) is 4. The molecule has 3 aromatic rings. The summed E-state index contributed by atoms with van der Waals surface area (Å²) in [5.41, 5.74) is 2.09. The highest BCUT2D eigenvalue weighted by atomic mass is 16.6. The van der Waals surface area contributed by atoms with Gasteiger partial charge in [-0.15, -0.1) is 0 Å². The van der Waals surface area contributed by atoms with Crippen LogP contribution in [-0.4, -0.2) is 46.9 Å². The molecule has 184 valence electrons. The van der Waals surface area contributed by atoms with E-state index in [1.165, 1.54) is 17.4 Å². The molecule has 0 unspecified atom stereocenters. The molecule has 1 fully saturated rings. The van der Waals surface area contributed by atoms with Crippen molar-refractivity contribution in [1.29, 1.82) is 0 Å². The Hall–Kier alpha value is -3.75. The molecule has 0 bridgehead atoms. The molecule has 9 heteroatoms. The fraction of sp³-hybridized carbons (Fsp3) is 0.423. The lowest BCUT2D eigenvalue weighted by molar-refractivity contribution is -0.389. The third-order valence-electron chi connectivity index (χ3n) is 6.57. The first-order valence-electron chi connectivity index (χ1n) is 11.9. The van der Waals surface area contributed by atoms with Gasteiger partial charge in [-0.3, -0.25) is 4.57 Å². The van der Waals surface area contributed by atoms with Gasteiger partial charge in [0.1, 0.15) is 30.4 Å².